The van der Waals surface area contributed by atoms with Crippen LogP contribution < -0.4 is 5.73 Å². The highest BCUT2D eigenvalue weighted by Crippen LogP contribution is 2.41. The first-order chi connectivity index (χ1) is 4.85. The molecule has 0 radical (unpaired) electrons. The molecule has 11 heavy (non-hydrogen) atoms. The molecule has 0 aliphatic heterocycles. The van der Waals surface area contributed by atoms with Crippen LogP contribution in [0.4, 0.5) is 13.2 Å². The van der Waals surface area contributed by atoms with Crippen LogP contribution in [0.15, 0.2) is 0 Å². The molecule has 0 aromatic heterocycles. The highest BCUT2D eigenvalue weighted by Gasteiger charge is 2.57. The Labute approximate surface area is 62.2 Å². The van der Waals surface area contributed by atoms with Crippen LogP contribution >= 0.6 is 0 Å². The van der Waals surface area contributed by atoms with Crippen molar-refractivity contribution in [2.24, 2.45) is 0 Å². The van der Waals surface area contributed by atoms with Gasteiger partial charge in [-0.2, -0.15) is 13.2 Å². The number of hydrogen-bond acceptors (Lipinski definition) is 1. The van der Waals surface area contributed by atoms with Gasteiger partial charge in [-0.15, -0.1) is 0 Å². The minimum atomic E-state index is -4.49. The molecule has 0 bridgehead atoms. The average molecular weight is 170 g/mol. The fraction of sp³-hybridized carbons (Fsp3) is 1.00. The lowest BCUT2D eigenvalue weighted by atomic mass is 10.0. The van der Waals surface area contributed by atoms with Gasteiger partial charge in [0.05, 0.1) is 6.04 Å². The van der Waals surface area contributed by atoms with Crippen molar-refractivity contribution in [3.05, 3.63) is 0 Å². The minimum absolute atomic E-state index is 0.204. The molecule has 1 rings (SSSR count). The summed E-state index contributed by atoms with van der Waals surface area (Å²) in [6, 6.07) is -0.262. The third kappa shape index (κ3) is 1.49. The van der Waals surface area contributed by atoms with Crippen molar-refractivity contribution in [2.45, 2.75) is 37.1 Å². The summed E-state index contributed by atoms with van der Waals surface area (Å²) in [6.07, 6.45) is -4.59. The molecule has 1 fully saturated rings. The molecule has 0 aromatic carbocycles. The lowest BCUT2D eigenvalue weighted by molar-refractivity contribution is -0.422. The second kappa shape index (κ2) is 2.35. The lowest BCUT2D eigenvalue weighted by Gasteiger charge is -2.24. The van der Waals surface area contributed by atoms with Gasteiger partial charge in [-0.05, 0) is 6.42 Å². The van der Waals surface area contributed by atoms with E-state index in [9.17, 15) is 13.2 Å². The van der Waals surface area contributed by atoms with E-state index < -0.39 is 11.8 Å². The van der Waals surface area contributed by atoms with Crippen LogP contribution in [0.1, 0.15) is 19.3 Å². The van der Waals surface area contributed by atoms with E-state index in [0.717, 1.165) is 0 Å². The van der Waals surface area contributed by atoms with Crippen molar-refractivity contribution in [3.63, 3.8) is 0 Å². The van der Waals surface area contributed by atoms with Crippen molar-refractivity contribution in [2.75, 3.05) is 0 Å². The van der Waals surface area contributed by atoms with E-state index in [1.54, 1.807) is 0 Å². The molecule has 1 aliphatic carbocycles. The lowest BCUT2D eigenvalue weighted by Crippen LogP contribution is -2.61. The minimum Gasteiger partial charge on any atom is -0.380 e. The Balaban J connectivity index is 2.69. The zero-order valence-corrected chi connectivity index (χ0v) is 5.99. The SMILES string of the molecule is [NH3+]C1CCC(O)(C(F)(F)F)C1. The van der Waals surface area contributed by atoms with Crippen molar-refractivity contribution < 1.29 is 24.0 Å². The Morgan fingerprint density at radius 2 is 2.00 bits per heavy atom. The Morgan fingerprint density at radius 3 is 2.18 bits per heavy atom. The molecule has 1 saturated carbocycles. The summed E-state index contributed by atoms with van der Waals surface area (Å²) in [5, 5.41) is 9.03. The van der Waals surface area contributed by atoms with E-state index in [1.807, 2.05) is 0 Å². The van der Waals surface area contributed by atoms with Gasteiger partial charge in [0.15, 0.2) is 5.60 Å². The molecule has 0 amide bonds. The first-order valence-electron chi connectivity index (χ1n) is 3.47. The molecule has 2 nitrogen and oxygen atoms in total. The van der Waals surface area contributed by atoms with Gasteiger partial charge in [0.2, 0.25) is 0 Å². The maximum atomic E-state index is 12.0. The van der Waals surface area contributed by atoms with Crippen LogP contribution in [-0.2, 0) is 0 Å². The second-order valence-corrected chi connectivity index (χ2v) is 3.14. The van der Waals surface area contributed by atoms with Gasteiger partial charge >= 0.3 is 6.18 Å². The van der Waals surface area contributed by atoms with Crippen LogP contribution in [0.25, 0.3) is 0 Å². The molecule has 0 aromatic rings. The van der Waals surface area contributed by atoms with E-state index in [1.165, 1.54) is 0 Å². The molecule has 2 atom stereocenters. The summed E-state index contributed by atoms with van der Waals surface area (Å²) in [4.78, 5) is 0. The molecule has 1 aliphatic rings. The zero-order valence-electron chi connectivity index (χ0n) is 5.99. The van der Waals surface area contributed by atoms with Gasteiger partial charge in [0, 0.05) is 12.8 Å². The predicted molar refractivity (Wildman–Crippen MR) is 31.5 cm³/mol. The normalized spacial score (nSPS) is 39.5. The topological polar surface area (TPSA) is 47.9 Å². The Morgan fingerprint density at radius 1 is 1.45 bits per heavy atom. The van der Waals surface area contributed by atoms with Crippen LogP contribution in [-0.4, -0.2) is 22.9 Å². The third-order valence-corrected chi connectivity index (χ3v) is 2.12. The number of halogens is 3. The first-order valence-corrected chi connectivity index (χ1v) is 3.47. The van der Waals surface area contributed by atoms with Gasteiger partial charge in [0.1, 0.15) is 0 Å². The number of hydrogen-bond donors (Lipinski definition) is 2. The van der Waals surface area contributed by atoms with Crippen LogP contribution in [0.5, 0.6) is 0 Å². The maximum Gasteiger partial charge on any atom is 0.417 e. The highest BCUT2D eigenvalue weighted by atomic mass is 19.4. The summed E-state index contributed by atoms with van der Waals surface area (Å²) in [5.41, 5.74) is 1.03. The van der Waals surface area contributed by atoms with Gasteiger partial charge in [-0.1, -0.05) is 0 Å². The van der Waals surface area contributed by atoms with Crippen LogP contribution in [0, 0.1) is 0 Å². The van der Waals surface area contributed by atoms with Crippen molar-refractivity contribution in [1.29, 1.82) is 0 Å². The summed E-state index contributed by atoms with van der Waals surface area (Å²) >= 11 is 0. The van der Waals surface area contributed by atoms with Gasteiger partial charge in [0.25, 0.3) is 0 Å². The van der Waals surface area contributed by atoms with Crippen LogP contribution in [0.2, 0.25) is 0 Å². The van der Waals surface area contributed by atoms with Gasteiger partial charge in [-0.25, -0.2) is 0 Å². The maximum absolute atomic E-state index is 12.0. The van der Waals surface area contributed by atoms with E-state index in [-0.39, 0.29) is 18.9 Å². The molecule has 0 saturated heterocycles. The first kappa shape index (κ1) is 8.80. The fourth-order valence-corrected chi connectivity index (χ4v) is 1.38. The molecule has 5 heteroatoms. The van der Waals surface area contributed by atoms with Crippen molar-refractivity contribution in [3.8, 4) is 0 Å². The largest absolute Gasteiger partial charge is 0.417 e. The third-order valence-electron chi connectivity index (χ3n) is 2.12. The fourth-order valence-electron chi connectivity index (χ4n) is 1.38. The molecule has 2 unspecified atom stereocenters. The van der Waals surface area contributed by atoms with Gasteiger partial charge in [-0.3, -0.25) is 0 Å². The molecule has 4 N–H and O–H groups in total. The van der Waals surface area contributed by atoms with E-state index >= 15 is 0 Å². The smallest absolute Gasteiger partial charge is 0.380 e. The monoisotopic (exact) mass is 170 g/mol. The van der Waals surface area contributed by atoms with E-state index in [4.69, 9.17) is 5.11 Å². The Bertz CT molecular complexity index is 158. The highest BCUT2D eigenvalue weighted by molar-refractivity contribution is 4.94. The number of quaternary nitrogens is 1. The van der Waals surface area contributed by atoms with Crippen molar-refractivity contribution >= 4 is 0 Å². The number of alkyl halides is 3. The standard InChI is InChI=1S/C6H10F3NO/c7-6(8,9)5(11)2-1-4(10)3-5/h4,11H,1-3,10H2/p+1. The second-order valence-electron chi connectivity index (χ2n) is 3.14. The predicted octanol–water partition coefficient (Wildman–Crippen LogP) is 0.0742. The quantitative estimate of drug-likeness (QED) is 0.531. The van der Waals surface area contributed by atoms with Crippen molar-refractivity contribution in [1.82, 2.24) is 0 Å². The number of aliphatic hydroxyl groups is 1. The molecule has 0 heterocycles. The molecule has 0 spiro atoms. The Kier molecular flexibility index (Phi) is 1.88. The number of rotatable bonds is 0. The van der Waals surface area contributed by atoms with E-state index in [0.29, 0.717) is 6.42 Å². The average Bonchev–Trinajstić information content (AvgIpc) is 2.10. The summed E-state index contributed by atoms with van der Waals surface area (Å²) in [7, 11) is 0. The zero-order chi connectivity index (χ0) is 8.70. The molecule has 66 valence electrons. The molecular formula is C6H11F3NO+. The summed E-state index contributed by atoms with van der Waals surface area (Å²) < 4.78 is 36.1. The summed E-state index contributed by atoms with van der Waals surface area (Å²) in [6.45, 7) is 0. The van der Waals surface area contributed by atoms with Crippen LogP contribution in [0.3, 0.4) is 0 Å². The summed E-state index contributed by atoms with van der Waals surface area (Å²) in [5.74, 6) is 0. The Hall–Kier alpha value is -0.290. The molecular weight excluding hydrogens is 159 g/mol. The van der Waals surface area contributed by atoms with E-state index in [2.05, 4.69) is 5.73 Å². The van der Waals surface area contributed by atoms with Gasteiger partial charge < -0.3 is 10.8 Å².